The first kappa shape index (κ1) is 20.6. The summed E-state index contributed by atoms with van der Waals surface area (Å²) in [6.45, 7) is 13.6. The van der Waals surface area contributed by atoms with Crippen molar-refractivity contribution in [1.82, 2.24) is 4.98 Å². The topological polar surface area (TPSA) is 84.3 Å². The second-order valence-electron chi connectivity index (χ2n) is 2.66. The Labute approximate surface area is 115 Å². The Morgan fingerprint density at radius 3 is 1.65 bits per heavy atom. The number of aryl methyl sites for hydroxylation is 2. The van der Waals surface area contributed by atoms with E-state index in [-0.39, 0.29) is 19.5 Å². The second-order valence-corrected chi connectivity index (χ2v) is 2.66. The van der Waals surface area contributed by atoms with Crippen molar-refractivity contribution in [2.24, 2.45) is 0 Å². The fourth-order valence-electron chi connectivity index (χ4n) is 1.08. The Bertz CT molecular complexity index is 362. The SMILES string of the molecule is CCc1cc(C#N)cc(CC)n1.[C-]#N.[C-]#N.[Zn+2]. The van der Waals surface area contributed by atoms with Gasteiger partial charge in [0.05, 0.1) is 11.6 Å². The molecule has 0 saturated heterocycles. The van der Waals surface area contributed by atoms with E-state index in [1.54, 1.807) is 0 Å². The van der Waals surface area contributed by atoms with Crippen LogP contribution < -0.4 is 0 Å². The van der Waals surface area contributed by atoms with E-state index in [4.69, 9.17) is 28.9 Å². The predicted molar refractivity (Wildman–Crippen MR) is 57.6 cm³/mol. The fourth-order valence-corrected chi connectivity index (χ4v) is 1.08. The predicted octanol–water partition coefficient (Wildman–Crippen LogP) is 2.27. The zero-order valence-corrected chi connectivity index (χ0v) is 13.0. The van der Waals surface area contributed by atoms with Gasteiger partial charge in [-0.05, 0) is 25.0 Å². The van der Waals surface area contributed by atoms with E-state index in [2.05, 4.69) is 11.1 Å². The normalized spacial score (nSPS) is 6.88. The molecule has 0 radical (unpaired) electrons. The first-order valence-electron chi connectivity index (χ1n) is 4.64. The zero-order valence-electron chi connectivity index (χ0n) is 10.1. The molecule has 1 aromatic rings. The number of nitrogens with zero attached hydrogens (tertiary/aromatic N) is 4. The summed E-state index contributed by atoms with van der Waals surface area (Å²) in [6.07, 6.45) is 1.78. The Morgan fingerprint density at radius 1 is 1.06 bits per heavy atom. The zero-order chi connectivity index (χ0) is 13.0. The average molecular weight is 278 g/mol. The van der Waals surface area contributed by atoms with Crippen molar-refractivity contribution in [2.45, 2.75) is 26.7 Å². The van der Waals surface area contributed by atoms with Crippen molar-refractivity contribution in [3.8, 4) is 6.07 Å². The molecule has 1 aromatic heterocycles. The van der Waals surface area contributed by atoms with Gasteiger partial charge in [-0.25, -0.2) is 0 Å². The van der Waals surface area contributed by atoms with E-state index in [9.17, 15) is 0 Å². The van der Waals surface area contributed by atoms with Gasteiger partial charge in [0.1, 0.15) is 0 Å². The van der Waals surface area contributed by atoms with Crippen LogP contribution in [0.25, 0.3) is 0 Å². The van der Waals surface area contributed by atoms with Gasteiger partial charge in [0, 0.05) is 11.4 Å². The third-order valence-corrected chi connectivity index (χ3v) is 1.79. The molecule has 0 N–H and O–H groups in total. The van der Waals surface area contributed by atoms with Crippen LogP contribution in [0.4, 0.5) is 0 Å². The van der Waals surface area contributed by atoms with Gasteiger partial charge in [-0.1, -0.05) is 13.8 Å². The molecule has 1 rings (SSSR count). The minimum Gasteiger partial charge on any atom is -0.512 e. The smallest absolute Gasteiger partial charge is 0.512 e. The van der Waals surface area contributed by atoms with Crippen LogP contribution in [0.2, 0.25) is 0 Å². The minimum absolute atomic E-state index is 0. The van der Waals surface area contributed by atoms with Gasteiger partial charge in [-0.15, -0.1) is 0 Å². The van der Waals surface area contributed by atoms with Crippen LogP contribution in [0.5, 0.6) is 0 Å². The Hall–Kier alpha value is -1.76. The Morgan fingerprint density at radius 2 is 1.41 bits per heavy atom. The number of rotatable bonds is 2. The molecule has 0 bridgehead atoms. The molecule has 0 aromatic carbocycles. The third kappa shape index (κ3) is 8.09. The number of pyridine rings is 1. The number of hydrogen-bond donors (Lipinski definition) is 0. The molecule has 17 heavy (non-hydrogen) atoms. The maximum atomic E-state index is 8.70. The summed E-state index contributed by atoms with van der Waals surface area (Å²) < 4.78 is 0. The molecule has 0 saturated carbocycles. The number of aromatic nitrogens is 1. The number of hydrogen-bond acceptors (Lipinski definition) is 4. The molecule has 0 atom stereocenters. The maximum Gasteiger partial charge on any atom is 2.00 e. The van der Waals surface area contributed by atoms with Crippen molar-refractivity contribution < 1.29 is 19.5 Å². The van der Waals surface area contributed by atoms with E-state index in [0.29, 0.717) is 0 Å². The molecule has 0 spiro atoms. The third-order valence-electron chi connectivity index (χ3n) is 1.79. The molecule has 0 fully saturated rings. The number of nitriles is 1. The summed E-state index contributed by atoms with van der Waals surface area (Å²) in [6, 6.07) is 5.83. The Balaban J connectivity index is -0.000000355. The van der Waals surface area contributed by atoms with Crippen LogP contribution in [0.3, 0.4) is 0 Å². The summed E-state index contributed by atoms with van der Waals surface area (Å²) in [4.78, 5) is 4.37. The van der Waals surface area contributed by atoms with Crippen molar-refractivity contribution in [3.05, 3.63) is 42.2 Å². The van der Waals surface area contributed by atoms with E-state index in [1.165, 1.54) is 0 Å². The molecule has 0 aliphatic heterocycles. The molecule has 82 valence electrons. The minimum atomic E-state index is 0. The van der Waals surface area contributed by atoms with Crippen molar-refractivity contribution >= 4 is 0 Å². The first-order chi connectivity index (χ1) is 7.80. The maximum absolute atomic E-state index is 8.70. The second kappa shape index (κ2) is 14.2. The molecule has 0 aliphatic carbocycles. The van der Waals surface area contributed by atoms with Gasteiger partial charge in [-0.2, -0.15) is 5.26 Å². The van der Waals surface area contributed by atoms with E-state index in [1.807, 2.05) is 26.0 Å². The van der Waals surface area contributed by atoms with Crippen LogP contribution in [0, 0.1) is 35.0 Å². The molecule has 0 unspecified atom stereocenters. The molecular formula is C12H12N4Zn. The van der Waals surface area contributed by atoms with Crippen molar-refractivity contribution in [2.75, 3.05) is 0 Å². The van der Waals surface area contributed by atoms with Crippen LogP contribution in [-0.2, 0) is 32.3 Å². The fraction of sp³-hybridized carbons (Fsp3) is 0.333. The molecule has 4 nitrogen and oxygen atoms in total. The molecule has 5 heteroatoms. The summed E-state index contributed by atoms with van der Waals surface area (Å²) in [5, 5.41) is 21.2. The quantitative estimate of drug-likeness (QED) is 0.613. The van der Waals surface area contributed by atoms with Gasteiger partial charge >= 0.3 is 19.5 Å². The summed E-state index contributed by atoms with van der Waals surface area (Å²) in [7, 11) is 0. The van der Waals surface area contributed by atoms with Gasteiger partial charge in [-0.3, -0.25) is 4.98 Å². The molecule has 0 aliphatic rings. The summed E-state index contributed by atoms with van der Waals surface area (Å²) in [5.41, 5.74) is 2.73. The van der Waals surface area contributed by atoms with Crippen LogP contribution in [0.1, 0.15) is 30.8 Å². The molecule has 0 amide bonds. The van der Waals surface area contributed by atoms with Gasteiger partial charge in [0.15, 0.2) is 0 Å². The van der Waals surface area contributed by atoms with Crippen molar-refractivity contribution in [3.63, 3.8) is 0 Å². The summed E-state index contributed by atoms with van der Waals surface area (Å²) in [5.74, 6) is 0. The van der Waals surface area contributed by atoms with Gasteiger partial charge < -0.3 is 23.7 Å². The summed E-state index contributed by atoms with van der Waals surface area (Å²) >= 11 is 0. The molecule has 1 heterocycles. The first-order valence-corrected chi connectivity index (χ1v) is 4.64. The molecular weight excluding hydrogens is 266 g/mol. The van der Waals surface area contributed by atoms with E-state index < -0.39 is 0 Å². The monoisotopic (exact) mass is 276 g/mol. The van der Waals surface area contributed by atoms with E-state index >= 15 is 0 Å². The van der Waals surface area contributed by atoms with Crippen LogP contribution in [0.15, 0.2) is 12.1 Å². The van der Waals surface area contributed by atoms with Crippen LogP contribution in [-0.4, -0.2) is 4.98 Å². The van der Waals surface area contributed by atoms with Crippen LogP contribution >= 0.6 is 0 Å². The van der Waals surface area contributed by atoms with Gasteiger partial charge in [0.2, 0.25) is 0 Å². The van der Waals surface area contributed by atoms with Crippen molar-refractivity contribution in [1.29, 1.82) is 15.8 Å². The Kier molecular flexibility index (Phi) is 17.3. The largest absolute Gasteiger partial charge is 2.00 e. The van der Waals surface area contributed by atoms with E-state index in [0.717, 1.165) is 29.8 Å². The van der Waals surface area contributed by atoms with Gasteiger partial charge in [0.25, 0.3) is 0 Å². The average Bonchev–Trinajstić information content (AvgIpc) is 2.42. The standard InChI is InChI=1S/C10H12N2.2CN.Zn/c1-3-9-5-8(7-11)6-10(4-2)12-9;2*1-2;/h5-6H,3-4H2,1-2H3;;;/q;2*-1;+2.